The number of esters is 1. The summed E-state index contributed by atoms with van der Waals surface area (Å²) in [5, 5.41) is 9.87. The number of carboxylic acids is 1. The van der Waals surface area contributed by atoms with Gasteiger partial charge in [0.2, 0.25) is 10.0 Å². The van der Waals surface area contributed by atoms with Gasteiger partial charge >= 0.3 is 11.9 Å². The lowest BCUT2D eigenvalue weighted by atomic mass is 9.76. The molecule has 10 heteroatoms. The summed E-state index contributed by atoms with van der Waals surface area (Å²) in [7, 11) is -2.96. The van der Waals surface area contributed by atoms with E-state index in [9.17, 15) is 23.1 Å². The minimum absolute atomic E-state index is 0.0204. The fourth-order valence-corrected chi connectivity index (χ4v) is 6.72. The van der Waals surface area contributed by atoms with Gasteiger partial charge in [-0.1, -0.05) is 17.7 Å². The second-order valence-corrected chi connectivity index (χ2v) is 9.95. The van der Waals surface area contributed by atoms with Crippen LogP contribution in [0.2, 0.25) is 0 Å². The quantitative estimate of drug-likeness (QED) is 0.702. The summed E-state index contributed by atoms with van der Waals surface area (Å²) in [5.41, 5.74) is 0.884. The average Bonchev–Trinajstić information content (AvgIpc) is 3.24. The highest BCUT2D eigenvalue weighted by Crippen LogP contribution is 2.55. The number of aryl methyl sites for hydroxylation is 1. The lowest BCUT2D eigenvalue weighted by Gasteiger charge is -2.29. The number of hydrogen-bond acceptors (Lipinski definition) is 7. The monoisotopic (exact) mass is 425 g/mol. The number of carbonyl (C=O) groups excluding carboxylic acids is 1. The van der Waals surface area contributed by atoms with Gasteiger partial charge in [-0.3, -0.25) is 9.59 Å². The maximum Gasteiger partial charge on any atom is 0.311 e. The van der Waals surface area contributed by atoms with Gasteiger partial charge in [0.15, 0.2) is 5.79 Å². The molecule has 3 aliphatic heterocycles. The van der Waals surface area contributed by atoms with Gasteiger partial charge in [-0.25, -0.2) is 8.42 Å². The van der Waals surface area contributed by atoms with E-state index in [4.69, 9.17) is 14.2 Å². The Morgan fingerprint density at radius 3 is 2.07 bits per heavy atom. The summed E-state index contributed by atoms with van der Waals surface area (Å²) < 4.78 is 44.7. The normalized spacial score (nSPS) is 35.4. The first-order valence-corrected chi connectivity index (χ1v) is 10.7. The highest BCUT2D eigenvalue weighted by Gasteiger charge is 2.74. The van der Waals surface area contributed by atoms with E-state index in [2.05, 4.69) is 0 Å². The number of nitrogens with zero attached hydrogens (tertiary/aromatic N) is 1. The number of rotatable bonds is 4. The molecule has 3 saturated heterocycles. The second-order valence-electron chi connectivity index (χ2n) is 8.11. The first-order valence-electron chi connectivity index (χ1n) is 9.26. The minimum Gasteiger partial charge on any atom is -0.481 e. The summed E-state index contributed by atoms with van der Waals surface area (Å²) in [4.78, 5) is 24.6. The Hall–Kier alpha value is -2.01. The summed E-state index contributed by atoms with van der Waals surface area (Å²) in [6.07, 6.45) is -1.56. The third-order valence-electron chi connectivity index (χ3n) is 5.90. The summed E-state index contributed by atoms with van der Waals surface area (Å²) in [6.45, 7) is 5.18. The van der Waals surface area contributed by atoms with E-state index in [0.717, 1.165) is 17.0 Å². The second kappa shape index (κ2) is 6.49. The number of benzene rings is 1. The van der Waals surface area contributed by atoms with Crippen molar-refractivity contribution in [2.75, 3.05) is 7.11 Å². The topological polar surface area (TPSA) is 119 Å². The zero-order valence-electron chi connectivity index (χ0n) is 16.4. The molecular weight excluding hydrogens is 402 g/mol. The minimum atomic E-state index is -4.11. The molecule has 1 aromatic carbocycles. The molecule has 29 heavy (non-hydrogen) atoms. The van der Waals surface area contributed by atoms with Crippen molar-refractivity contribution in [3.63, 3.8) is 0 Å². The first kappa shape index (κ1) is 20.3. The predicted octanol–water partition coefficient (Wildman–Crippen LogP) is 0.760. The molecule has 3 heterocycles. The van der Waals surface area contributed by atoms with Gasteiger partial charge in [-0.05, 0) is 32.9 Å². The average molecular weight is 425 g/mol. The van der Waals surface area contributed by atoms with Crippen LogP contribution in [-0.2, 0) is 33.8 Å². The van der Waals surface area contributed by atoms with Gasteiger partial charge in [0, 0.05) is 0 Å². The Balaban J connectivity index is 1.85. The van der Waals surface area contributed by atoms with E-state index in [1.165, 1.54) is 12.1 Å². The number of aliphatic carboxylic acids is 1. The number of methoxy groups -OCH3 is 1. The molecule has 3 fully saturated rings. The van der Waals surface area contributed by atoms with E-state index in [1.54, 1.807) is 26.0 Å². The van der Waals surface area contributed by atoms with Crippen molar-refractivity contribution in [2.45, 2.75) is 55.7 Å². The Bertz CT molecular complexity index is 957. The lowest BCUT2D eigenvalue weighted by molar-refractivity contribution is -0.161. The lowest BCUT2D eigenvalue weighted by Crippen LogP contribution is -2.50. The van der Waals surface area contributed by atoms with Crippen molar-refractivity contribution in [3.05, 3.63) is 29.8 Å². The molecule has 2 bridgehead atoms. The van der Waals surface area contributed by atoms with Crippen molar-refractivity contribution in [2.24, 2.45) is 11.8 Å². The molecule has 0 aromatic heterocycles. The van der Waals surface area contributed by atoms with Crippen molar-refractivity contribution < 1.29 is 37.3 Å². The van der Waals surface area contributed by atoms with E-state index >= 15 is 0 Å². The molecule has 1 N–H and O–H groups in total. The van der Waals surface area contributed by atoms with E-state index < -0.39 is 63.9 Å². The smallest absolute Gasteiger partial charge is 0.311 e. The Morgan fingerprint density at radius 2 is 1.59 bits per heavy atom. The van der Waals surface area contributed by atoms with Crippen molar-refractivity contribution in [1.29, 1.82) is 0 Å². The Morgan fingerprint density at radius 1 is 1.07 bits per heavy atom. The molecular formula is C19H23NO8S. The van der Waals surface area contributed by atoms with E-state index in [0.29, 0.717) is 0 Å². The standard InChI is InChI=1S/C19H23NO8S/c1-9-5-7-10(8-6-9)29(24,25)20-13-11(17(21)22)12(18(23)26-4)14(20)16-15(13)27-19(2,3)28-16/h5-8,11-16H,1-4H3,(H,21,22)/t11-,12+,13+,14-,15+,16-/m1/s1. The molecule has 0 radical (unpaired) electrons. The molecule has 4 rings (SSSR count). The van der Waals surface area contributed by atoms with Gasteiger partial charge in [-0.2, -0.15) is 4.31 Å². The van der Waals surface area contributed by atoms with Crippen LogP contribution in [0.25, 0.3) is 0 Å². The first-order chi connectivity index (χ1) is 13.5. The molecule has 0 spiro atoms. The largest absolute Gasteiger partial charge is 0.481 e. The van der Waals surface area contributed by atoms with Crippen LogP contribution in [0, 0.1) is 18.8 Å². The molecule has 0 aliphatic carbocycles. The van der Waals surface area contributed by atoms with Gasteiger partial charge in [0.25, 0.3) is 0 Å². The number of carboxylic acid groups (broad SMARTS) is 1. The highest BCUT2D eigenvalue weighted by atomic mass is 32.2. The van der Waals surface area contributed by atoms with Gasteiger partial charge in [0.1, 0.15) is 12.2 Å². The summed E-state index contributed by atoms with van der Waals surface area (Å²) in [6, 6.07) is 4.13. The molecule has 3 aliphatic rings. The molecule has 0 unspecified atom stereocenters. The maximum atomic E-state index is 13.5. The fraction of sp³-hybridized carbons (Fsp3) is 0.579. The van der Waals surface area contributed by atoms with Crippen molar-refractivity contribution in [3.8, 4) is 0 Å². The highest BCUT2D eigenvalue weighted by molar-refractivity contribution is 7.89. The van der Waals surface area contributed by atoms with Gasteiger partial charge in [0.05, 0.1) is 35.9 Å². The Kier molecular flexibility index (Phi) is 4.54. The van der Waals surface area contributed by atoms with Crippen molar-refractivity contribution >= 4 is 22.0 Å². The Labute approximate surface area is 168 Å². The number of ether oxygens (including phenoxy) is 3. The zero-order chi connectivity index (χ0) is 21.3. The van der Waals surface area contributed by atoms with Crippen LogP contribution in [0.5, 0.6) is 0 Å². The van der Waals surface area contributed by atoms with Crippen LogP contribution in [0.1, 0.15) is 19.4 Å². The third-order valence-corrected chi connectivity index (χ3v) is 7.81. The van der Waals surface area contributed by atoms with Crippen molar-refractivity contribution in [1.82, 2.24) is 4.31 Å². The number of fused-ring (bicyclic) bond motifs is 5. The predicted molar refractivity (Wildman–Crippen MR) is 98.2 cm³/mol. The maximum absolute atomic E-state index is 13.5. The van der Waals surface area contributed by atoms with Gasteiger partial charge < -0.3 is 19.3 Å². The van der Waals surface area contributed by atoms with Crippen LogP contribution in [0.15, 0.2) is 29.2 Å². The molecule has 1 aromatic rings. The van der Waals surface area contributed by atoms with Crippen LogP contribution in [0.4, 0.5) is 0 Å². The molecule has 0 amide bonds. The number of sulfonamides is 1. The molecule has 0 saturated carbocycles. The summed E-state index contributed by atoms with van der Waals surface area (Å²) in [5.74, 6) is -5.56. The van der Waals surface area contributed by atoms with Crippen LogP contribution >= 0.6 is 0 Å². The molecule has 158 valence electrons. The van der Waals surface area contributed by atoms with Crippen LogP contribution in [-0.4, -0.2) is 67.0 Å². The number of carbonyl (C=O) groups is 2. The van der Waals surface area contributed by atoms with Gasteiger partial charge in [-0.15, -0.1) is 0 Å². The molecule has 6 atom stereocenters. The molecule has 9 nitrogen and oxygen atoms in total. The number of hydrogen-bond donors (Lipinski definition) is 1. The van der Waals surface area contributed by atoms with E-state index in [-0.39, 0.29) is 4.90 Å². The van der Waals surface area contributed by atoms with Crippen LogP contribution < -0.4 is 0 Å². The van der Waals surface area contributed by atoms with E-state index in [1.807, 2.05) is 6.92 Å². The fourth-order valence-electron chi connectivity index (χ4n) is 4.86. The third kappa shape index (κ3) is 2.89. The summed E-state index contributed by atoms with van der Waals surface area (Å²) >= 11 is 0. The van der Waals surface area contributed by atoms with Crippen LogP contribution in [0.3, 0.4) is 0 Å². The zero-order valence-corrected chi connectivity index (χ0v) is 17.3. The SMILES string of the molecule is COC(=O)[C@H]1[C@@H](C(=O)O)[C@H]2[C@@H]3OC(C)(C)O[C@@H]3[C@@H]1N2S(=O)(=O)c1ccc(C)cc1.